The second kappa shape index (κ2) is 6.03. The van der Waals surface area contributed by atoms with E-state index in [4.69, 9.17) is 5.11 Å². The standard InChI is InChI=1S/C14H22N2O2/c1-11(14(17)18)7-8-12-9-10-16(15-12)13-5-3-2-4-6-13/h9-11,13H,2-8H2,1H3,(H,17,18). The van der Waals surface area contributed by atoms with Gasteiger partial charge in [0, 0.05) is 6.20 Å². The highest BCUT2D eigenvalue weighted by Crippen LogP contribution is 2.27. The van der Waals surface area contributed by atoms with E-state index in [1.54, 1.807) is 6.92 Å². The van der Waals surface area contributed by atoms with Crippen molar-refractivity contribution < 1.29 is 9.90 Å². The molecule has 2 rings (SSSR count). The van der Waals surface area contributed by atoms with E-state index in [2.05, 4.69) is 16.0 Å². The summed E-state index contributed by atoms with van der Waals surface area (Å²) in [4.78, 5) is 10.7. The van der Waals surface area contributed by atoms with Gasteiger partial charge in [-0.2, -0.15) is 5.10 Å². The number of hydrogen-bond donors (Lipinski definition) is 1. The number of aromatic nitrogens is 2. The largest absolute Gasteiger partial charge is 0.481 e. The van der Waals surface area contributed by atoms with Gasteiger partial charge < -0.3 is 5.11 Å². The lowest BCUT2D eigenvalue weighted by Crippen LogP contribution is -2.14. The molecule has 0 saturated heterocycles. The van der Waals surface area contributed by atoms with Gasteiger partial charge in [0.15, 0.2) is 0 Å². The predicted molar refractivity (Wildman–Crippen MR) is 69.5 cm³/mol. The molecule has 1 fully saturated rings. The van der Waals surface area contributed by atoms with Crippen LogP contribution in [0, 0.1) is 5.92 Å². The molecular weight excluding hydrogens is 228 g/mol. The van der Waals surface area contributed by atoms with E-state index in [-0.39, 0.29) is 5.92 Å². The maximum Gasteiger partial charge on any atom is 0.306 e. The van der Waals surface area contributed by atoms with Gasteiger partial charge >= 0.3 is 5.97 Å². The highest BCUT2D eigenvalue weighted by Gasteiger charge is 2.16. The third kappa shape index (κ3) is 3.34. The molecule has 1 aromatic rings. The summed E-state index contributed by atoms with van der Waals surface area (Å²) in [6, 6.07) is 2.59. The van der Waals surface area contributed by atoms with Crippen molar-refractivity contribution in [1.82, 2.24) is 9.78 Å². The Kier molecular flexibility index (Phi) is 4.39. The first kappa shape index (κ1) is 13.1. The molecule has 0 radical (unpaired) electrons. The number of aryl methyl sites for hydroxylation is 1. The normalized spacial score (nSPS) is 18.7. The number of carbonyl (C=O) groups is 1. The van der Waals surface area contributed by atoms with Crippen molar-refractivity contribution in [3.63, 3.8) is 0 Å². The van der Waals surface area contributed by atoms with E-state index in [9.17, 15) is 4.79 Å². The van der Waals surface area contributed by atoms with Crippen molar-refractivity contribution in [2.24, 2.45) is 5.92 Å². The minimum atomic E-state index is -0.721. The van der Waals surface area contributed by atoms with Crippen LogP contribution in [0.25, 0.3) is 0 Å². The van der Waals surface area contributed by atoms with Gasteiger partial charge in [-0.3, -0.25) is 9.48 Å². The molecule has 0 spiro atoms. The van der Waals surface area contributed by atoms with Crippen LogP contribution in [0.5, 0.6) is 0 Å². The molecular formula is C14H22N2O2. The molecule has 1 aliphatic rings. The van der Waals surface area contributed by atoms with Crippen LogP contribution in [-0.2, 0) is 11.2 Å². The minimum absolute atomic E-state index is 0.287. The molecule has 0 aromatic carbocycles. The molecule has 1 heterocycles. The number of aliphatic carboxylic acids is 1. The summed E-state index contributed by atoms with van der Waals surface area (Å²) < 4.78 is 2.08. The van der Waals surface area contributed by atoms with Gasteiger partial charge in [-0.05, 0) is 31.7 Å². The second-order valence-electron chi connectivity index (χ2n) is 5.36. The summed E-state index contributed by atoms with van der Waals surface area (Å²) in [5.41, 5.74) is 1.02. The van der Waals surface area contributed by atoms with Crippen LogP contribution < -0.4 is 0 Å². The van der Waals surface area contributed by atoms with Crippen molar-refractivity contribution in [1.29, 1.82) is 0 Å². The van der Waals surface area contributed by atoms with Crippen molar-refractivity contribution >= 4 is 5.97 Å². The summed E-state index contributed by atoms with van der Waals surface area (Å²) in [6.45, 7) is 1.75. The smallest absolute Gasteiger partial charge is 0.306 e. The van der Waals surface area contributed by atoms with E-state index in [1.165, 1.54) is 32.1 Å². The summed E-state index contributed by atoms with van der Waals surface area (Å²) >= 11 is 0. The van der Waals surface area contributed by atoms with Crippen molar-refractivity contribution in [3.05, 3.63) is 18.0 Å². The lowest BCUT2D eigenvalue weighted by molar-refractivity contribution is -0.141. The zero-order valence-electron chi connectivity index (χ0n) is 11.0. The van der Waals surface area contributed by atoms with Crippen molar-refractivity contribution in [2.45, 2.75) is 57.9 Å². The molecule has 100 valence electrons. The highest BCUT2D eigenvalue weighted by atomic mass is 16.4. The summed E-state index contributed by atoms with van der Waals surface area (Å²) in [7, 11) is 0. The average Bonchev–Trinajstić information content (AvgIpc) is 2.85. The fraction of sp³-hybridized carbons (Fsp3) is 0.714. The molecule has 1 aromatic heterocycles. The Morgan fingerprint density at radius 3 is 2.89 bits per heavy atom. The third-order valence-corrected chi connectivity index (χ3v) is 3.87. The molecule has 0 aliphatic heterocycles. The van der Waals surface area contributed by atoms with Gasteiger partial charge in [0.2, 0.25) is 0 Å². The fourth-order valence-electron chi connectivity index (χ4n) is 2.55. The van der Waals surface area contributed by atoms with E-state index < -0.39 is 5.97 Å². The molecule has 1 atom stereocenters. The quantitative estimate of drug-likeness (QED) is 0.873. The van der Waals surface area contributed by atoms with E-state index >= 15 is 0 Å². The SMILES string of the molecule is CC(CCc1ccn(C2CCCCC2)n1)C(=O)O. The molecule has 1 unspecified atom stereocenters. The Bertz CT molecular complexity index is 394. The zero-order chi connectivity index (χ0) is 13.0. The van der Waals surface area contributed by atoms with Crippen molar-refractivity contribution in [3.8, 4) is 0 Å². The summed E-state index contributed by atoms with van der Waals surface area (Å²) in [6.07, 6.45) is 9.88. The predicted octanol–water partition coefficient (Wildman–Crippen LogP) is 3.04. The minimum Gasteiger partial charge on any atom is -0.481 e. The molecule has 0 bridgehead atoms. The maximum atomic E-state index is 10.7. The van der Waals surface area contributed by atoms with Crippen LogP contribution in [0.3, 0.4) is 0 Å². The lowest BCUT2D eigenvalue weighted by Gasteiger charge is -2.21. The van der Waals surface area contributed by atoms with Crippen LogP contribution in [-0.4, -0.2) is 20.9 Å². The van der Waals surface area contributed by atoms with Crippen LogP contribution in [0.15, 0.2) is 12.3 Å². The van der Waals surface area contributed by atoms with Gasteiger partial charge in [-0.1, -0.05) is 26.2 Å². The molecule has 0 amide bonds. The Morgan fingerprint density at radius 2 is 2.22 bits per heavy atom. The Balaban J connectivity index is 1.87. The van der Waals surface area contributed by atoms with Gasteiger partial charge in [-0.15, -0.1) is 0 Å². The summed E-state index contributed by atoms with van der Waals surface area (Å²) in [5.74, 6) is -1.01. The third-order valence-electron chi connectivity index (χ3n) is 3.87. The first-order valence-electron chi connectivity index (χ1n) is 6.93. The van der Waals surface area contributed by atoms with E-state index in [0.717, 1.165) is 12.1 Å². The monoisotopic (exact) mass is 250 g/mol. The highest BCUT2D eigenvalue weighted by molar-refractivity contribution is 5.69. The van der Waals surface area contributed by atoms with Gasteiger partial charge in [0.1, 0.15) is 0 Å². The Labute approximate surface area is 108 Å². The zero-order valence-corrected chi connectivity index (χ0v) is 11.0. The van der Waals surface area contributed by atoms with E-state index in [1.807, 2.05) is 6.07 Å². The van der Waals surface area contributed by atoms with Crippen LogP contribution in [0.4, 0.5) is 0 Å². The number of carboxylic acids is 1. The van der Waals surface area contributed by atoms with Crippen LogP contribution in [0.2, 0.25) is 0 Å². The van der Waals surface area contributed by atoms with E-state index in [0.29, 0.717) is 12.5 Å². The van der Waals surface area contributed by atoms with Gasteiger partial charge in [-0.25, -0.2) is 0 Å². The van der Waals surface area contributed by atoms with Crippen molar-refractivity contribution in [2.75, 3.05) is 0 Å². The second-order valence-corrected chi connectivity index (χ2v) is 5.36. The lowest BCUT2D eigenvalue weighted by atomic mass is 9.96. The van der Waals surface area contributed by atoms with Crippen LogP contribution >= 0.6 is 0 Å². The molecule has 1 N–H and O–H groups in total. The molecule has 1 aliphatic carbocycles. The first-order chi connectivity index (χ1) is 8.66. The van der Waals surface area contributed by atoms with Gasteiger partial charge in [0.05, 0.1) is 17.7 Å². The summed E-state index contributed by atoms with van der Waals surface area (Å²) in [5, 5.41) is 13.4. The molecule has 4 nitrogen and oxygen atoms in total. The number of rotatable bonds is 5. The number of hydrogen-bond acceptors (Lipinski definition) is 2. The van der Waals surface area contributed by atoms with Gasteiger partial charge in [0.25, 0.3) is 0 Å². The Morgan fingerprint density at radius 1 is 1.50 bits per heavy atom. The Hall–Kier alpha value is -1.32. The average molecular weight is 250 g/mol. The maximum absolute atomic E-state index is 10.7. The topological polar surface area (TPSA) is 55.1 Å². The first-order valence-corrected chi connectivity index (χ1v) is 6.93. The molecule has 18 heavy (non-hydrogen) atoms. The number of carboxylic acid groups (broad SMARTS) is 1. The molecule has 1 saturated carbocycles. The molecule has 4 heteroatoms. The fourth-order valence-corrected chi connectivity index (χ4v) is 2.55. The number of nitrogens with zero attached hydrogens (tertiary/aromatic N) is 2. The van der Waals surface area contributed by atoms with Crippen LogP contribution in [0.1, 0.15) is 57.2 Å².